The van der Waals surface area contributed by atoms with E-state index in [1.807, 2.05) is 17.9 Å². The van der Waals surface area contributed by atoms with Crippen LogP contribution in [0.25, 0.3) is 0 Å². The molecule has 2 atom stereocenters. The Labute approximate surface area is 110 Å². The molecule has 4 heteroatoms. The minimum atomic E-state index is 0.513. The molecule has 1 aromatic rings. The maximum absolute atomic E-state index is 5.67. The summed E-state index contributed by atoms with van der Waals surface area (Å²) >= 11 is 0. The Morgan fingerprint density at radius 2 is 2.44 bits per heavy atom. The summed E-state index contributed by atoms with van der Waals surface area (Å²) in [5.41, 5.74) is 1.33. The van der Waals surface area contributed by atoms with E-state index in [-0.39, 0.29) is 0 Å². The molecule has 2 heterocycles. The van der Waals surface area contributed by atoms with Crippen molar-refractivity contribution in [2.45, 2.75) is 50.7 Å². The molecular formula is C14H25N3O. The highest BCUT2D eigenvalue weighted by Crippen LogP contribution is 2.19. The Kier molecular flexibility index (Phi) is 5.20. The Bertz CT molecular complexity index is 345. The summed E-state index contributed by atoms with van der Waals surface area (Å²) < 4.78 is 7.54. The van der Waals surface area contributed by atoms with E-state index >= 15 is 0 Å². The van der Waals surface area contributed by atoms with Gasteiger partial charge in [-0.2, -0.15) is 5.10 Å². The topological polar surface area (TPSA) is 39.1 Å². The molecule has 102 valence electrons. The van der Waals surface area contributed by atoms with Crippen molar-refractivity contribution < 1.29 is 4.74 Å². The third-order valence-corrected chi connectivity index (χ3v) is 3.81. The highest BCUT2D eigenvalue weighted by Gasteiger charge is 2.17. The second-order valence-corrected chi connectivity index (χ2v) is 5.26. The van der Waals surface area contributed by atoms with Crippen molar-refractivity contribution in [3.8, 4) is 0 Å². The summed E-state index contributed by atoms with van der Waals surface area (Å²) in [7, 11) is 4.03. The van der Waals surface area contributed by atoms with E-state index in [1.54, 1.807) is 0 Å². The van der Waals surface area contributed by atoms with Crippen LogP contribution < -0.4 is 5.32 Å². The summed E-state index contributed by atoms with van der Waals surface area (Å²) in [6.45, 7) is 0.963. The van der Waals surface area contributed by atoms with Crippen LogP contribution in [0, 0.1) is 0 Å². The van der Waals surface area contributed by atoms with Gasteiger partial charge in [-0.15, -0.1) is 0 Å². The van der Waals surface area contributed by atoms with Crippen LogP contribution in [0.5, 0.6) is 0 Å². The number of rotatable bonds is 7. The first-order valence-electron chi connectivity index (χ1n) is 7.04. The van der Waals surface area contributed by atoms with Gasteiger partial charge in [-0.05, 0) is 51.1 Å². The van der Waals surface area contributed by atoms with Gasteiger partial charge in [-0.25, -0.2) is 0 Å². The van der Waals surface area contributed by atoms with Crippen molar-refractivity contribution in [3.05, 3.63) is 18.0 Å². The van der Waals surface area contributed by atoms with Crippen molar-refractivity contribution in [2.24, 2.45) is 7.05 Å². The molecule has 0 bridgehead atoms. The number of hydrogen-bond donors (Lipinski definition) is 1. The summed E-state index contributed by atoms with van der Waals surface area (Å²) in [5.74, 6) is 0. The number of nitrogens with zero attached hydrogens (tertiary/aromatic N) is 2. The van der Waals surface area contributed by atoms with E-state index in [0.717, 1.165) is 13.0 Å². The standard InChI is InChI=1S/C14H25N3O/c1-15-13(7-8-14-4-3-9-18-14)6-5-12-10-16-17(2)11-12/h10-11,13-15H,3-9H2,1-2H3. The van der Waals surface area contributed by atoms with Crippen LogP contribution >= 0.6 is 0 Å². The minimum Gasteiger partial charge on any atom is -0.378 e. The number of ether oxygens (including phenoxy) is 1. The molecule has 0 aliphatic carbocycles. The highest BCUT2D eigenvalue weighted by atomic mass is 16.5. The van der Waals surface area contributed by atoms with E-state index < -0.39 is 0 Å². The molecule has 1 aliphatic heterocycles. The molecule has 0 amide bonds. The summed E-state index contributed by atoms with van der Waals surface area (Å²) in [5, 5.41) is 7.63. The van der Waals surface area contributed by atoms with Gasteiger partial charge in [-0.3, -0.25) is 4.68 Å². The lowest BCUT2D eigenvalue weighted by molar-refractivity contribution is 0.0995. The van der Waals surface area contributed by atoms with Crippen LogP contribution in [0.4, 0.5) is 0 Å². The van der Waals surface area contributed by atoms with Crippen LogP contribution in [0.1, 0.15) is 37.7 Å². The van der Waals surface area contributed by atoms with Gasteiger partial charge < -0.3 is 10.1 Å². The van der Waals surface area contributed by atoms with Crippen LogP contribution in [-0.4, -0.2) is 35.6 Å². The third kappa shape index (κ3) is 4.10. The number of nitrogens with one attached hydrogen (secondary N) is 1. The van der Waals surface area contributed by atoms with Gasteiger partial charge in [0.25, 0.3) is 0 Å². The van der Waals surface area contributed by atoms with Gasteiger partial charge >= 0.3 is 0 Å². The fourth-order valence-corrected chi connectivity index (χ4v) is 2.63. The zero-order valence-electron chi connectivity index (χ0n) is 11.6. The normalized spacial score (nSPS) is 21.3. The lowest BCUT2D eigenvalue weighted by Gasteiger charge is -2.17. The maximum atomic E-state index is 5.67. The van der Waals surface area contributed by atoms with Crippen molar-refractivity contribution in [1.29, 1.82) is 0 Å². The van der Waals surface area contributed by atoms with Gasteiger partial charge in [-0.1, -0.05) is 0 Å². The molecule has 0 spiro atoms. The second kappa shape index (κ2) is 6.90. The predicted octanol–water partition coefficient (Wildman–Crippen LogP) is 1.90. The number of aromatic nitrogens is 2. The maximum Gasteiger partial charge on any atom is 0.0576 e. The molecule has 1 fully saturated rings. The fraction of sp³-hybridized carbons (Fsp3) is 0.786. The quantitative estimate of drug-likeness (QED) is 0.804. The molecule has 1 aromatic heterocycles. The average Bonchev–Trinajstić information content (AvgIpc) is 3.01. The summed E-state index contributed by atoms with van der Waals surface area (Å²) in [4.78, 5) is 0. The van der Waals surface area contributed by atoms with Crippen LogP contribution in [0.2, 0.25) is 0 Å². The predicted molar refractivity (Wildman–Crippen MR) is 72.6 cm³/mol. The molecular weight excluding hydrogens is 226 g/mol. The van der Waals surface area contributed by atoms with E-state index in [9.17, 15) is 0 Å². The Morgan fingerprint density at radius 1 is 1.56 bits per heavy atom. The third-order valence-electron chi connectivity index (χ3n) is 3.81. The van der Waals surface area contributed by atoms with Crippen molar-refractivity contribution in [3.63, 3.8) is 0 Å². The lowest BCUT2D eigenvalue weighted by Crippen LogP contribution is -2.27. The minimum absolute atomic E-state index is 0.513. The molecule has 1 aliphatic rings. The Morgan fingerprint density at radius 3 is 3.06 bits per heavy atom. The van der Waals surface area contributed by atoms with Gasteiger partial charge in [0.2, 0.25) is 0 Å². The highest BCUT2D eigenvalue weighted by molar-refractivity contribution is 5.03. The summed E-state index contributed by atoms with van der Waals surface area (Å²) in [6, 6.07) is 0.592. The molecule has 0 radical (unpaired) electrons. The Balaban J connectivity index is 1.68. The number of aryl methyl sites for hydroxylation is 2. The zero-order valence-corrected chi connectivity index (χ0v) is 11.6. The van der Waals surface area contributed by atoms with Crippen LogP contribution in [-0.2, 0) is 18.2 Å². The average molecular weight is 251 g/mol. The van der Waals surface area contributed by atoms with Gasteiger partial charge in [0.15, 0.2) is 0 Å². The second-order valence-electron chi connectivity index (χ2n) is 5.26. The van der Waals surface area contributed by atoms with Gasteiger partial charge in [0.05, 0.1) is 12.3 Å². The molecule has 18 heavy (non-hydrogen) atoms. The first-order chi connectivity index (χ1) is 8.78. The Hall–Kier alpha value is -0.870. The molecule has 2 unspecified atom stereocenters. The van der Waals surface area contributed by atoms with Crippen molar-refractivity contribution in [2.75, 3.05) is 13.7 Å². The number of hydrogen-bond acceptors (Lipinski definition) is 3. The molecule has 0 aromatic carbocycles. The monoisotopic (exact) mass is 251 g/mol. The zero-order chi connectivity index (χ0) is 12.8. The summed E-state index contributed by atoms with van der Waals surface area (Å²) in [6.07, 6.45) is 11.8. The van der Waals surface area contributed by atoms with Crippen molar-refractivity contribution in [1.82, 2.24) is 15.1 Å². The van der Waals surface area contributed by atoms with Crippen LogP contribution in [0.3, 0.4) is 0 Å². The van der Waals surface area contributed by atoms with Crippen molar-refractivity contribution >= 4 is 0 Å². The van der Waals surface area contributed by atoms with E-state index in [4.69, 9.17) is 4.74 Å². The first-order valence-corrected chi connectivity index (χ1v) is 7.04. The SMILES string of the molecule is CNC(CCc1cnn(C)c1)CCC1CCCO1. The molecule has 0 saturated carbocycles. The largest absolute Gasteiger partial charge is 0.378 e. The van der Waals surface area contributed by atoms with E-state index in [0.29, 0.717) is 12.1 Å². The fourth-order valence-electron chi connectivity index (χ4n) is 2.63. The smallest absolute Gasteiger partial charge is 0.0576 e. The van der Waals surface area contributed by atoms with E-state index in [2.05, 4.69) is 23.7 Å². The van der Waals surface area contributed by atoms with Gasteiger partial charge in [0.1, 0.15) is 0 Å². The molecule has 2 rings (SSSR count). The molecule has 1 N–H and O–H groups in total. The van der Waals surface area contributed by atoms with Crippen LogP contribution in [0.15, 0.2) is 12.4 Å². The first kappa shape index (κ1) is 13.6. The van der Waals surface area contributed by atoms with E-state index in [1.165, 1.54) is 37.7 Å². The molecule has 4 nitrogen and oxygen atoms in total. The van der Waals surface area contributed by atoms with Gasteiger partial charge in [0, 0.05) is 25.9 Å². The molecule has 1 saturated heterocycles. The lowest BCUT2D eigenvalue weighted by atomic mass is 10.0.